The van der Waals surface area contributed by atoms with Crippen LogP contribution in [0.3, 0.4) is 0 Å². The Labute approximate surface area is 108 Å². The number of H-pyrrole nitrogens is 1. The average Bonchev–Trinajstić information content (AvgIpc) is 2.57. The van der Waals surface area contributed by atoms with Gasteiger partial charge in [-0.1, -0.05) is 0 Å². The van der Waals surface area contributed by atoms with E-state index in [4.69, 9.17) is 0 Å². The van der Waals surface area contributed by atoms with Crippen molar-refractivity contribution in [3.05, 3.63) is 44.3 Å². The van der Waals surface area contributed by atoms with E-state index in [9.17, 15) is 9.59 Å². The van der Waals surface area contributed by atoms with E-state index >= 15 is 0 Å². The molecule has 2 aromatic rings. The second-order valence-corrected chi connectivity index (χ2v) is 5.21. The molecule has 0 fully saturated rings. The molecule has 1 amide bonds. The van der Waals surface area contributed by atoms with Gasteiger partial charge in [-0.05, 0) is 20.8 Å². The van der Waals surface area contributed by atoms with Crippen molar-refractivity contribution in [3.8, 4) is 0 Å². The molecule has 18 heavy (non-hydrogen) atoms. The molecular weight excluding hydrogens is 250 g/mol. The van der Waals surface area contributed by atoms with Crippen LogP contribution in [0.25, 0.3) is 0 Å². The highest BCUT2D eigenvalue weighted by molar-refractivity contribution is 7.15. The van der Waals surface area contributed by atoms with Crippen molar-refractivity contribution in [2.75, 3.05) is 5.32 Å². The molecule has 2 rings (SSSR count). The molecule has 2 N–H and O–H groups in total. The van der Waals surface area contributed by atoms with E-state index in [2.05, 4.69) is 15.3 Å². The fourth-order valence-electron chi connectivity index (χ4n) is 1.44. The highest BCUT2D eigenvalue weighted by Gasteiger charge is 2.13. The van der Waals surface area contributed by atoms with Gasteiger partial charge in [-0.3, -0.25) is 14.9 Å². The van der Waals surface area contributed by atoms with E-state index in [1.807, 2.05) is 13.8 Å². The van der Waals surface area contributed by atoms with E-state index in [-0.39, 0.29) is 11.0 Å². The first kappa shape index (κ1) is 12.5. The molecule has 0 saturated carbocycles. The number of thiazole rings is 1. The van der Waals surface area contributed by atoms with Crippen LogP contribution in [0.4, 0.5) is 5.13 Å². The van der Waals surface area contributed by atoms with Crippen LogP contribution in [0.15, 0.2) is 17.1 Å². The van der Waals surface area contributed by atoms with E-state index in [0.717, 1.165) is 16.3 Å². The van der Waals surface area contributed by atoms with Gasteiger partial charge in [0.15, 0.2) is 10.6 Å². The predicted octanol–water partition coefficient (Wildman–Crippen LogP) is 2.01. The van der Waals surface area contributed by atoms with Crippen molar-refractivity contribution < 1.29 is 4.79 Å². The fraction of sp³-hybridized carbons (Fsp3) is 0.250. The Morgan fingerprint density at radius 1 is 1.39 bits per heavy atom. The van der Waals surface area contributed by atoms with Gasteiger partial charge in [0, 0.05) is 22.8 Å². The van der Waals surface area contributed by atoms with Gasteiger partial charge in [-0.25, -0.2) is 4.98 Å². The third-order valence-corrected chi connectivity index (χ3v) is 3.54. The zero-order valence-corrected chi connectivity index (χ0v) is 11.1. The molecule has 94 valence electrons. The van der Waals surface area contributed by atoms with Crippen LogP contribution in [0.2, 0.25) is 0 Å². The van der Waals surface area contributed by atoms with Gasteiger partial charge in [-0.15, -0.1) is 11.3 Å². The normalized spacial score (nSPS) is 10.4. The third kappa shape index (κ3) is 2.48. The van der Waals surface area contributed by atoms with E-state index < -0.39 is 5.91 Å². The number of aryl methyl sites for hydroxylation is 3. The van der Waals surface area contributed by atoms with E-state index in [0.29, 0.717) is 5.13 Å². The molecule has 0 bridgehead atoms. The topological polar surface area (TPSA) is 74.8 Å². The van der Waals surface area contributed by atoms with Crippen LogP contribution in [0.5, 0.6) is 0 Å². The van der Waals surface area contributed by atoms with Crippen LogP contribution in [-0.2, 0) is 0 Å². The maximum absolute atomic E-state index is 11.9. The Kier molecular flexibility index (Phi) is 3.29. The maximum Gasteiger partial charge on any atom is 0.262 e. The van der Waals surface area contributed by atoms with Crippen LogP contribution < -0.4 is 10.7 Å². The quantitative estimate of drug-likeness (QED) is 0.870. The zero-order chi connectivity index (χ0) is 13.3. The highest BCUT2D eigenvalue weighted by Crippen LogP contribution is 2.21. The van der Waals surface area contributed by atoms with Crippen molar-refractivity contribution in [1.82, 2.24) is 9.97 Å². The minimum absolute atomic E-state index is 0.0890. The van der Waals surface area contributed by atoms with Gasteiger partial charge in [0.1, 0.15) is 5.56 Å². The summed E-state index contributed by atoms with van der Waals surface area (Å²) >= 11 is 1.39. The van der Waals surface area contributed by atoms with Gasteiger partial charge < -0.3 is 4.98 Å². The van der Waals surface area contributed by atoms with Crippen LogP contribution in [0.1, 0.15) is 26.6 Å². The minimum atomic E-state index is -0.440. The minimum Gasteiger partial charge on any atom is -0.364 e. The molecule has 0 unspecified atom stereocenters. The third-order valence-electron chi connectivity index (χ3n) is 2.55. The van der Waals surface area contributed by atoms with Gasteiger partial charge in [0.05, 0.1) is 5.69 Å². The monoisotopic (exact) mass is 263 g/mol. The number of carbonyl (C=O) groups is 1. The molecule has 5 nitrogen and oxygen atoms in total. The maximum atomic E-state index is 11.9. The number of rotatable bonds is 2. The fourth-order valence-corrected chi connectivity index (χ4v) is 2.25. The Balaban J connectivity index is 2.24. The summed E-state index contributed by atoms with van der Waals surface area (Å²) in [4.78, 5) is 31.6. The van der Waals surface area contributed by atoms with Gasteiger partial charge >= 0.3 is 0 Å². The van der Waals surface area contributed by atoms with E-state index in [1.165, 1.54) is 23.6 Å². The first-order valence-corrected chi connectivity index (χ1v) is 6.23. The number of pyridine rings is 1. The van der Waals surface area contributed by atoms with Crippen molar-refractivity contribution in [2.45, 2.75) is 20.8 Å². The summed E-state index contributed by atoms with van der Waals surface area (Å²) < 4.78 is 0. The highest BCUT2D eigenvalue weighted by atomic mass is 32.1. The van der Waals surface area contributed by atoms with Gasteiger partial charge in [0.25, 0.3) is 5.91 Å². The van der Waals surface area contributed by atoms with E-state index in [1.54, 1.807) is 6.92 Å². The summed E-state index contributed by atoms with van der Waals surface area (Å²) in [6.07, 6.45) is 1.42. The number of hydrogen-bond donors (Lipinski definition) is 2. The second-order valence-electron chi connectivity index (χ2n) is 4.01. The summed E-state index contributed by atoms with van der Waals surface area (Å²) in [5.74, 6) is -0.440. The largest absolute Gasteiger partial charge is 0.364 e. The molecule has 2 aromatic heterocycles. The average molecular weight is 263 g/mol. The zero-order valence-electron chi connectivity index (χ0n) is 10.3. The summed E-state index contributed by atoms with van der Waals surface area (Å²) in [6.45, 7) is 5.57. The molecule has 0 atom stereocenters. The smallest absolute Gasteiger partial charge is 0.262 e. The second kappa shape index (κ2) is 4.73. The van der Waals surface area contributed by atoms with Crippen molar-refractivity contribution in [1.29, 1.82) is 0 Å². The lowest BCUT2D eigenvalue weighted by molar-refractivity contribution is 0.102. The number of nitrogens with one attached hydrogen (secondary N) is 2. The number of anilines is 1. The standard InChI is InChI=1S/C12H13N3O2S/c1-6-4-10(16)9(5-13-6)11(17)15-12-14-7(2)8(3)18-12/h4-5H,1-3H3,(H,13,16)(H,14,15,17). The van der Waals surface area contributed by atoms with Gasteiger partial charge in [-0.2, -0.15) is 0 Å². The molecule has 0 aliphatic rings. The Hall–Kier alpha value is -1.95. The van der Waals surface area contributed by atoms with Crippen molar-refractivity contribution >= 4 is 22.4 Å². The van der Waals surface area contributed by atoms with Crippen molar-refractivity contribution in [3.63, 3.8) is 0 Å². The Bertz CT molecular complexity index is 638. The molecule has 2 heterocycles. The summed E-state index contributed by atoms with van der Waals surface area (Å²) in [6, 6.07) is 1.40. The lowest BCUT2D eigenvalue weighted by Crippen LogP contribution is -2.21. The molecule has 0 radical (unpaired) electrons. The number of hydrogen-bond acceptors (Lipinski definition) is 4. The lowest BCUT2D eigenvalue weighted by Gasteiger charge is -2.01. The number of carbonyl (C=O) groups excluding carboxylic acids is 1. The number of nitrogens with zero attached hydrogens (tertiary/aromatic N) is 1. The van der Waals surface area contributed by atoms with Gasteiger partial charge in [0.2, 0.25) is 0 Å². The first-order valence-electron chi connectivity index (χ1n) is 5.42. The SMILES string of the molecule is Cc1cc(=O)c(C(=O)Nc2nc(C)c(C)s2)c[nH]1. The van der Waals surface area contributed by atoms with Crippen molar-refractivity contribution in [2.24, 2.45) is 0 Å². The summed E-state index contributed by atoms with van der Waals surface area (Å²) in [7, 11) is 0. The molecule has 6 heteroatoms. The number of amides is 1. The molecule has 0 saturated heterocycles. The Morgan fingerprint density at radius 3 is 2.67 bits per heavy atom. The van der Waals surface area contributed by atoms with Crippen LogP contribution >= 0.6 is 11.3 Å². The number of aromatic nitrogens is 2. The van der Waals surface area contributed by atoms with Crippen LogP contribution in [0, 0.1) is 20.8 Å². The Morgan fingerprint density at radius 2 is 2.11 bits per heavy atom. The molecule has 0 aromatic carbocycles. The molecular formula is C12H13N3O2S. The molecule has 0 aliphatic carbocycles. The molecule has 0 aliphatic heterocycles. The lowest BCUT2D eigenvalue weighted by atomic mass is 10.2. The molecule has 0 spiro atoms. The van der Waals surface area contributed by atoms with Crippen LogP contribution in [-0.4, -0.2) is 15.9 Å². The summed E-state index contributed by atoms with van der Waals surface area (Å²) in [5.41, 5.74) is 1.39. The first-order chi connectivity index (χ1) is 8.47. The summed E-state index contributed by atoms with van der Waals surface area (Å²) in [5, 5.41) is 3.14. The number of aromatic amines is 1. The predicted molar refractivity (Wildman–Crippen MR) is 71.3 cm³/mol.